The first-order chi connectivity index (χ1) is 14.7. The Morgan fingerprint density at radius 1 is 1.09 bits per heavy atom. The van der Waals surface area contributed by atoms with Crippen molar-refractivity contribution in [2.24, 2.45) is 10.8 Å². The molecule has 0 aliphatic heterocycles. The Balaban J connectivity index is 2.30. The van der Waals surface area contributed by atoms with Gasteiger partial charge in [0.05, 0.1) is 10.9 Å². The minimum atomic E-state index is -2.34. The summed E-state index contributed by atoms with van der Waals surface area (Å²) in [6.45, 7) is 11.2. The predicted molar refractivity (Wildman–Crippen MR) is 126 cm³/mol. The lowest BCUT2D eigenvalue weighted by Gasteiger charge is -2.18. The molecule has 8 nitrogen and oxygen atoms in total. The molecule has 0 amide bonds. The molecular formula is C23H35N2O6P. The van der Waals surface area contributed by atoms with Crippen LogP contribution in [0.3, 0.4) is 0 Å². The van der Waals surface area contributed by atoms with Gasteiger partial charge in [-0.1, -0.05) is 26.8 Å². The van der Waals surface area contributed by atoms with Crippen LogP contribution in [0.15, 0.2) is 24.4 Å². The van der Waals surface area contributed by atoms with E-state index in [1.54, 1.807) is 37.5 Å². The highest BCUT2D eigenvalue weighted by molar-refractivity contribution is 7.41. The maximum Gasteiger partial charge on any atom is 0.397 e. The Hall–Kier alpha value is -1.99. The number of carbonyl (C=O) groups excluding carboxylic acids is 2. The van der Waals surface area contributed by atoms with Gasteiger partial charge < -0.3 is 19.1 Å². The number of aromatic nitrogens is 1. The van der Waals surface area contributed by atoms with Crippen LogP contribution < -0.4 is 4.52 Å². The molecule has 0 aliphatic carbocycles. The van der Waals surface area contributed by atoms with Crippen molar-refractivity contribution in [2.75, 3.05) is 27.4 Å². The summed E-state index contributed by atoms with van der Waals surface area (Å²) >= 11 is 0. The molecule has 9 heteroatoms. The molecule has 1 N–H and O–H groups in total. The maximum absolute atomic E-state index is 13.0. The summed E-state index contributed by atoms with van der Waals surface area (Å²) in [5.41, 5.74) is 0.409. The van der Waals surface area contributed by atoms with E-state index in [-0.39, 0.29) is 5.91 Å². The van der Waals surface area contributed by atoms with Gasteiger partial charge in [0.15, 0.2) is 0 Å². The smallest absolute Gasteiger partial charge is 0.397 e. The molecule has 1 heterocycles. The largest absolute Gasteiger partial charge is 0.438 e. The highest BCUT2D eigenvalue weighted by Crippen LogP contribution is 2.41. The van der Waals surface area contributed by atoms with E-state index >= 15 is 0 Å². The van der Waals surface area contributed by atoms with Crippen molar-refractivity contribution < 1.29 is 28.3 Å². The third-order valence-corrected chi connectivity index (χ3v) is 5.38. The number of nitrogens with zero attached hydrogens (tertiary/aromatic N) is 2. The van der Waals surface area contributed by atoms with Gasteiger partial charge in [-0.05, 0) is 59.0 Å². The van der Waals surface area contributed by atoms with Gasteiger partial charge in [0.2, 0.25) is 12.7 Å². The summed E-state index contributed by atoms with van der Waals surface area (Å²) in [4.78, 5) is 37.2. The van der Waals surface area contributed by atoms with Gasteiger partial charge in [-0.2, -0.15) is 0 Å². The summed E-state index contributed by atoms with van der Waals surface area (Å²) < 4.78 is 17.5. The lowest BCUT2D eigenvalue weighted by atomic mass is 9.95. The maximum atomic E-state index is 13.0. The second-order valence-electron chi connectivity index (χ2n) is 10.0. The van der Waals surface area contributed by atoms with E-state index in [0.717, 1.165) is 17.5 Å². The average Bonchev–Trinajstić information content (AvgIpc) is 3.03. The molecule has 2 rings (SSSR count). The molecule has 2 aromatic rings. The van der Waals surface area contributed by atoms with Crippen molar-refractivity contribution in [2.45, 2.75) is 48.0 Å². The van der Waals surface area contributed by atoms with Crippen molar-refractivity contribution >= 4 is 31.4 Å². The zero-order valence-electron chi connectivity index (χ0n) is 20.3. The molecule has 1 unspecified atom stereocenters. The van der Waals surface area contributed by atoms with E-state index in [2.05, 4.69) is 4.90 Å². The monoisotopic (exact) mass is 466 g/mol. The average molecular weight is 467 g/mol. The van der Waals surface area contributed by atoms with E-state index in [4.69, 9.17) is 13.8 Å². The molecule has 0 bridgehead atoms. The quantitative estimate of drug-likeness (QED) is 0.346. The molecule has 178 valence electrons. The molecule has 1 aromatic carbocycles. The third kappa shape index (κ3) is 6.75. The first kappa shape index (κ1) is 26.3. The lowest BCUT2D eigenvalue weighted by Crippen LogP contribution is -2.26. The summed E-state index contributed by atoms with van der Waals surface area (Å²) in [6, 6.07) is 5.35. The van der Waals surface area contributed by atoms with Gasteiger partial charge in [0.25, 0.3) is 0 Å². The van der Waals surface area contributed by atoms with Crippen LogP contribution in [0.25, 0.3) is 10.9 Å². The zero-order valence-corrected chi connectivity index (χ0v) is 21.2. The summed E-state index contributed by atoms with van der Waals surface area (Å²) in [6.07, 6.45) is 2.54. The SMILES string of the molecule is CN(C)CCc1cn(C(=O)C(C)(C)C)c2cccc(OP(O)OCOC(=O)C(C)(C)C)c12. The number of likely N-dealkylation sites (N-methyl/N-ethyl adjacent to an activating group) is 1. The van der Waals surface area contributed by atoms with Crippen molar-refractivity contribution in [1.82, 2.24) is 9.47 Å². The predicted octanol–water partition coefficient (Wildman–Crippen LogP) is 4.59. The van der Waals surface area contributed by atoms with Crippen molar-refractivity contribution in [3.63, 3.8) is 0 Å². The van der Waals surface area contributed by atoms with Gasteiger partial charge in [0, 0.05) is 23.5 Å². The van der Waals surface area contributed by atoms with E-state index in [1.165, 1.54) is 0 Å². The molecule has 0 saturated heterocycles. The first-order valence-electron chi connectivity index (χ1n) is 10.5. The van der Waals surface area contributed by atoms with E-state index in [9.17, 15) is 14.5 Å². The van der Waals surface area contributed by atoms with Crippen LogP contribution in [-0.2, 0) is 20.5 Å². The molecule has 32 heavy (non-hydrogen) atoms. The number of rotatable bonds is 8. The molecule has 0 fully saturated rings. The van der Waals surface area contributed by atoms with Crippen molar-refractivity contribution in [3.05, 3.63) is 30.0 Å². The Bertz CT molecular complexity index is 956. The molecule has 1 atom stereocenters. The van der Waals surface area contributed by atoms with Crippen LogP contribution in [0.1, 0.15) is 51.9 Å². The van der Waals surface area contributed by atoms with Crippen LogP contribution in [0.4, 0.5) is 0 Å². The molecule has 0 aliphatic rings. The summed E-state index contributed by atoms with van der Waals surface area (Å²) in [5, 5.41) is 0.754. The highest BCUT2D eigenvalue weighted by atomic mass is 31.2. The molecule has 0 radical (unpaired) electrons. The fourth-order valence-corrected chi connectivity index (χ4v) is 3.44. The zero-order chi connectivity index (χ0) is 24.3. The minimum absolute atomic E-state index is 0.0349. The Morgan fingerprint density at radius 3 is 2.31 bits per heavy atom. The number of hydrogen-bond acceptors (Lipinski definition) is 7. The van der Waals surface area contributed by atoms with Gasteiger partial charge in [-0.25, -0.2) is 0 Å². The van der Waals surface area contributed by atoms with Crippen molar-refractivity contribution in [3.8, 4) is 5.75 Å². The second kappa shape index (κ2) is 10.3. The van der Waals surface area contributed by atoms with Crippen LogP contribution in [0.5, 0.6) is 5.75 Å². The number of benzene rings is 1. The first-order valence-corrected chi connectivity index (χ1v) is 11.6. The summed E-state index contributed by atoms with van der Waals surface area (Å²) in [5.74, 6) is -0.0634. The topological polar surface area (TPSA) is 90.2 Å². The number of ether oxygens (including phenoxy) is 1. The molecule has 1 aromatic heterocycles. The van der Waals surface area contributed by atoms with Crippen molar-refractivity contribution in [1.29, 1.82) is 0 Å². The normalized spacial score (nSPS) is 13.4. The van der Waals surface area contributed by atoms with Gasteiger partial charge in [-0.15, -0.1) is 0 Å². The molecule has 0 spiro atoms. The van der Waals surface area contributed by atoms with Crippen LogP contribution in [0.2, 0.25) is 0 Å². The minimum Gasteiger partial charge on any atom is -0.438 e. The van der Waals surface area contributed by atoms with Gasteiger partial charge in [0.1, 0.15) is 5.75 Å². The number of hydrogen-bond donors (Lipinski definition) is 1. The number of esters is 1. The highest BCUT2D eigenvalue weighted by Gasteiger charge is 2.27. The number of carbonyl (C=O) groups is 2. The van der Waals surface area contributed by atoms with Crippen LogP contribution in [0, 0.1) is 10.8 Å². The number of fused-ring (bicyclic) bond motifs is 1. The Kier molecular flexibility index (Phi) is 8.45. The second-order valence-corrected chi connectivity index (χ2v) is 11.0. The summed E-state index contributed by atoms with van der Waals surface area (Å²) in [7, 11) is 1.62. The third-order valence-electron chi connectivity index (χ3n) is 4.70. The van der Waals surface area contributed by atoms with Gasteiger partial charge in [-0.3, -0.25) is 18.7 Å². The lowest BCUT2D eigenvalue weighted by molar-refractivity contribution is -0.159. The fourth-order valence-electron chi connectivity index (χ4n) is 2.92. The molecular weight excluding hydrogens is 431 g/mol. The standard InChI is InChI=1S/C23H35N2O6P/c1-22(2,3)20(26)25-14-16(12-13-24(7)8)19-17(25)10-9-11-18(19)31-32(28)30-15-29-21(27)23(4,5)6/h9-11,14,28H,12-13,15H2,1-8H3. The fraction of sp³-hybridized carbons (Fsp3) is 0.565. The van der Waals surface area contributed by atoms with E-state index in [1.807, 2.05) is 47.1 Å². The van der Waals surface area contributed by atoms with E-state index < -0.39 is 32.2 Å². The Labute approximate surface area is 191 Å². The van der Waals surface area contributed by atoms with Crippen LogP contribution >= 0.6 is 8.60 Å². The molecule has 0 saturated carbocycles. The Morgan fingerprint density at radius 2 is 1.75 bits per heavy atom. The van der Waals surface area contributed by atoms with E-state index in [0.29, 0.717) is 17.7 Å². The van der Waals surface area contributed by atoms with Gasteiger partial charge >= 0.3 is 14.6 Å². The van der Waals surface area contributed by atoms with Crippen LogP contribution in [-0.4, -0.2) is 53.7 Å².